The van der Waals surface area contributed by atoms with E-state index in [1.807, 2.05) is 0 Å². The van der Waals surface area contributed by atoms with Crippen molar-refractivity contribution in [3.8, 4) is 6.07 Å². The van der Waals surface area contributed by atoms with Gasteiger partial charge >= 0.3 is 0 Å². The molecule has 0 amide bonds. The number of piperidine rings is 1. The van der Waals surface area contributed by atoms with Crippen LogP contribution in [0.3, 0.4) is 0 Å². The number of nitrogens with zero attached hydrogens (tertiary/aromatic N) is 3. The fourth-order valence-corrected chi connectivity index (χ4v) is 3.57. The summed E-state index contributed by atoms with van der Waals surface area (Å²) < 4.78 is 0. The molecule has 3 rings (SSSR count). The lowest BCUT2D eigenvalue weighted by Crippen LogP contribution is -2.55. The number of fused-ring (bicyclic) bond motifs is 1. The summed E-state index contributed by atoms with van der Waals surface area (Å²) in [6, 6.07) is 3.19. The Morgan fingerprint density at radius 2 is 2.06 bits per heavy atom. The van der Waals surface area contributed by atoms with Crippen LogP contribution < -0.4 is 0 Å². The van der Waals surface area contributed by atoms with Crippen LogP contribution in [-0.4, -0.2) is 48.6 Å². The molecule has 1 aliphatic carbocycles. The van der Waals surface area contributed by atoms with E-state index in [4.69, 9.17) is 5.26 Å². The molecule has 1 saturated carbocycles. The molecule has 0 spiro atoms. The summed E-state index contributed by atoms with van der Waals surface area (Å²) in [5.74, 6) is 0. The van der Waals surface area contributed by atoms with Gasteiger partial charge in [-0.2, -0.15) is 5.26 Å². The fraction of sp³-hybridized carbons (Fsp3) is 0.929. The summed E-state index contributed by atoms with van der Waals surface area (Å²) in [4.78, 5) is 5.32. The lowest BCUT2D eigenvalue weighted by molar-refractivity contribution is 0.0397. The number of nitriles is 1. The van der Waals surface area contributed by atoms with Crippen molar-refractivity contribution in [2.45, 2.75) is 44.6 Å². The van der Waals surface area contributed by atoms with Crippen LogP contribution in [0.5, 0.6) is 0 Å². The Morgan fingerprint density at radius 3 is 2.82 bits per heavy atom. The topological polar surface area (TPSA) is 30.3 Å². The van der Waals surface area contributed by atoms with E-state index in [2.05, 4.69) is 15.9 Å². The second kappa shape index (κ2) is 4.59. The van der Waals surface area contributed by atoms with Gasteiger partial charge in [0.05, 0.1) is 6.07 Å². The average molecular weight is 233 g/mol. The summed E-state index contributed by atoms with van der Waals surface area (Å²) >= 11 is 0. The quantitative estimate of drug-likeness (QED) is 0.745. The van der Waals surface area contributed by atoms with Crippen molar-refractivity contribution in [3.05, 3.63) is 0 Å². The van der Waals surface area contributed by atoms with Crippen molar-refractivity contribution in [1.82, 2.24) is 9.80 Å². The molecule has 0 N–H and O–H groups in total. The van der Waals surface area contributed by atoms with Gasteiger partial charge in [-0.1, -0.05) is 6.42 Å². The Labute approximate surface area is 104 Å². The normalized spacial score (nSPS) is 32.8. The molecule has 0 radical (unpaired) electrons. The number of hydrogen-bond donors (Lipinski definition) is 0. The Hall–Kier alpha value is -0.590. The molecule has 0 aromatic rings. The maximum atomic E-state index is 8.88. The lowest BCUT2D eigenvalue weighted by atomic mass is 9.97. The molecule has 17 heavy (non-hydrogen) atoms. The number of rotatable bonds is 3. The van der Waals surface area contributed by atoms with Crippen LogP contribution in [0.1, 0.15) is 38.5 Å². The summed E-state index contributed by atoms with van der Waals surface area (Å²) in [7, 11) is 0. The molecule has 1 atom stereocenters. The van der Waals surface area contributed by atoms with Crippen molar-refractivity contribution in [2.24, 2.45) is 5.41 Å². The molecule has 1 unspecified atom stereocenters. The van der Waals surface area contributed by atoms with E-state index in [1.165, 1.54) is 64.8 Å². The summed E-state index contributed by atoms with van der Waals surface area (Å²) in [5.41, 5.74) is 0.394. The molecular weight excluding hydrogens is 210 g/mol. The van der Waals surface area contributed by atoms with E-state index >= 15 is 0 Å². The first kappa shape index (κ1) is 11.5. The average Bonchev–Trinajstić information content (AvgIpc) is 3.09. The standard InChI is InChI=1S/C14H23N3/c15-7-6-14(4-5-14)12-16-9-10-17-8-2-1-3-13(17)11-16/h13H,1-6,8-12H2. The number of piperazine rings is 1. The summed E-state index contributed by atoms with van der Waals surface area (Å²) in [6.07, 6.45) is 7.55. The highest BCUT2D eigenvalue weighted by atomic mass is 15.3. The molecule has 0 bridgehead atoms. The van der Waals surface area contributed by atoms with E-state index < -0.39 is 0 Å². The Bertz CT molecular complexity index is 316. The Morgan fingerprint density at radius 1 is 1.18 bits per heavy atom. The fourth-order valence-electron chi connectivity index (χ4n) is 3.57. The monoisotopic (exact) mass is 233 g/mol. The van der Waals surface area contributed by atoms with E-state index in [-0.39, 0.29) is 0 Å². The first-order chi connectivity index (χ1) is 8.31. The summed E-state index contributed by atoms with van der Waals surface area (Å²) in [6.45, 7) is 6.25. The van der Waals surface area contributed by atoms with Gasteiger partial charge in [0.25, 0.3) is 0 Å². The van der Waals surface area contributed by atoms with Gasteiger partial charge in [-0.3, -0.25) is 9.80 Å². The molecule has 3 heteroatoms. The number of hydrogen-bond acceptors (Lipinski definition) is 3. The molecule has 94 valence electrons. The van der Waals surface area contributed by atoms with Crippen molar-refractivity contribution >= 4 is 0 Å². The van der Waals surface area contributed by atoms with Crippen LogP contribution in [0.2, 0.25) is 0 Å². The van der Waals surface area contributed by atoms with Gasteiger partial charge in [-0.25, -0.2) is 0 Å². The van der Waals surface area contributed by atoms with Crippen molar-refractivity contribution in [2.75, 3.05) is 32.7 Å². The van der Waals surface area contributed by atoms with Crippen molar-refractivity contribution < 1.29 is 0 Å². The van der Waals surface area contributed by atoms with Gasteiger partial charge in [0, 0.05) is 38.6 Å². The Balaban J connectivity index is 1.54. The smallest absolute Gasteiger partial charge is 0.0628 e. The van der Waals surface area contributed by atoms with Gasteiger partial charge in [0.1, 0.15) is 0 Å². The highest BCUT2D eigenvalue weighted by molar-refractivity contribution is 5.02. The zero-order valence-corrected chi connectivity index (χ0v) is 10.7. The van der Waals surface area contributed by atoms with Gasteiger partial charge in [-0.05, 0) is 37.6 Å². The third kappa shape index (κ3) is 2.48. The van der Waals surface area contributed by atoms with Gasteiger partial charge in [0.15, 0.2) is 0 Å². The molecule has 0 aromatic carbocycles. The van der Waals surface area contributed by atoms with Crippen LogP contribution in [0, 0.1) is 16.7 Å². The largest absolute Gasteiger partial charge is 0.300 e. The third-order valence-electron chi connectivity index (χ3n) is 4.89. The predicted octanol–water partition coefficient (Wildman–Crippen LogP) is 1.85. The SMILES string of the molecule is N#CCC1(CN2CCN3CCCCC3C2)CC1. The van der Waals surface area contributed by atoms with Crippen LogP contribution >= 0.6 is 0 Å². The highest BCUT2D eigenvalue weighted by Gasteiger charge is 2.44. The van der Waals surface area contributed by atoms with Gasteiger partial charge < -0.3 is 0 Å². The zero-order valence-electron chi connectivity index (χ0n) is 10.7. The molecule has 2 saturated heterocycles. The van der Waals surface area contributed by atoms with Crippen LogP contribution in [0.25, 0.3) is 0 Å². The van der Waals surface area contributed by atoms with E-state index in [1.54, 1.807) is 0 Å². The first-order valence-corrected chi connectivity index (χ1v) is 7.15. The molecule has 2 aliphatic heterocycles. The molecule has 2 heterocycles. The molecule has 3 fully saturated rings. The Kier molecular flexibility index (Phi) is 3.10. The van der Waals surface area contributed by atoms with E-state index in [0.717, 1.165) is 12.5 Å². The van der Waals surface area contributed by atoms with Crippen LogP contribution in [0.4, 0.5) is 0 Å². The van der Waals surface area contributed by atoms with Gasteiger partial charge in [-0.15, -0.1) is 0 Å². The van der Waals surface area contributed by atoms with Crippen LogP contribution in [0.15, 0.2) is 0 Å². The van der Waals surface area contributed by atoms with E-state index in [0.29, 0.717) is 5.41 Å². The first-order valence-electron chi connectivity index (χ1n) is 7.15. The van der Waals surface area contributed by atoms with Crippen molar-refractivity contribution in [1.29, 1.82) is 5.26 Å². The minimum atomic E-state index is 0.394. The van der Waals surface area contributed by atoms with Gasteiger partial charge in [0.2, 0.25) is 0 Å². The molecule has 3 nitrogen and oxygen atoms in total. The zero-order chi connectivity index (χ0) is 11.7. The van der Waals surface area contributed by atoms with Crippen LogP contribution in [-0.2, 0) is 0 Å². The minimum Gasteiger partial charge on any atom is -0.300 e. The highest BCUT2D eigenvalue weighted by Crippen LogP contribution is 2.49. The third-order valence-corrected chi connectivity index (χ3v) is 4.89. The maximum Gasteiger partial charge on any atom is 0.0628 e. The lowest BCUT2D eigenvalue weighted by Gasteiger charge is -2.44. The van der Waals surface area contributed by atoms with E-state index in [9.17, 15) is 0 Å². The summed E-state index contributed by atoms with van der Waals surface area (Å²) in [5, 5.41) is 8.88. The minimum absolute atomic E-state index is 0.394. The second-order valence-corrected chi connectivity index (χ2v) is 6.26. The maximum absolute atomic E-state index is 8.88. The molecule has 3 aliphatic rings. The van der Waals surface area contributed by atoms with Crippen molar-refractivity contribution in [3.63, 3.8) is 0 Å². The second-order valence-electron chi connectivity index (χ2n) is 6.26. The molecule has 0 aromatic heterocycles. The molecular formula is C14H23N3. The predicted molar refractivity (Wildman–Crippen MR) is 67.5 cm³/mol.